The number of sulfonamides is 1. The molecule has 0 radical (unpaired) electrons. The van der Waals surface area contributed by atoms with E-state index < -0.39 is 10.0 Å². The van der Waals surface area contributed by atoms with E-state index in [0.717, 1.165) is 43.5 Å². The molecular weight excluding hydrogens is 377 g/mol. The summed E-state index contributed by atoms with van der Waals surface area (Å²) in [6, 6.07) is 13.3. The zero-order valence-electron chi connectivity index (χ0n) is 16.2. The summed E-state index contributed by atoms with van der Waals surface area (Å²) in [7, 11) is -3.59. The maximum atomic E-state index is 13.0. The van der Waals surface area contributed by atoms with Crippen molar-refractivity contribution in [1.29, 1.82) is 0 Å². The molecule has 1 saturated heterocycles. The third-order valence-electron chi connectivity index (χ3n) is 5.13. The lowest BCUT2D eigenvalue weighted by Crippen LogP contribution is -2.47. The number of benzene rings is 2. The lowest BCUT2D eigenvalue weighted by molar-refractivity contribution is 0.148. The van der Waals surface area contributed by atoms with Gasteiger partial charge in [0.15, 0.2) is 0 Å². The molecule has 0 bridgehead atoms. The molecule has 2 N–H and O–H groups in total. The standard InChI is InChI=1S/C21H28FN3O2S/c1-2-17-6-4-12-25(16-17)24-28(26,27)21-7-3-5-19(13-21)15-23-14-18-8-10-20(22)11-9-18/h3,5,7-11,13,17,23-24H,2,4,6,12,14-16H2,1H3. The van der Waals surface area contributed by atoms with Crippen LogP contribution in [0.1, 0.15) is 37.3 Å². The Bertz CT molecular complexity index is 871. The van der Waals surface area contributed by atoms with Gasteiger partial charge in [-0.25, -0.2) is 17.8 Å². The van der Waals surface area contributed by atoms with Gasteiger partial charge in [0, 0.05) is 26.2 Å². The molecule has 2 aromatic carbocycles. The number of piperidine rings is 1. The van der Waals surface area contributed by atoms with Crippen molar-refractivity contribution < 1.29 is 12.8 Å². The first-order valence-electron chi connectivity index (χ1n) is 9.78. The Morgan fingerprint density at radius 3 is 2.61 bits per heavy atom. The Kier molecular flexibility index (Phi) is 7.18. The molecule has 1 aliphatic heterocycles. The highest BCUT2D eigenvalue weighted by molar-refractivity contribution is 7.89. The number of hydrazine groups is 1. The molecule has 0 spiro atoms. The highest BCUT2D eigenvalue weighted by Gasteiger charge is 2.23. The van der Waals surface area contributed by atoms with Crippen molar-refractivity contribution in [2.75, 3.05) is 13.1 Å². The molecule has 2 aromatic rings. The summed E-state index contributed by atoms with van der Waals surface area (Å²) < 4.78 is 38.5. The van der Waals surface area contributed by atoms with Gasteiger partial charge in [0.05, 0.1) is 4.90 Å². The summed E-state index contributed by atoms with van der Waals surface area (Å²) in [5.41, 5.74) is 1.86. The fourth-order valence-electron chi connectivity index (χ4n) is 3.48. The van der Waals surface area contributed by atoms with Crippen molar-refractivity contribution >= 4 is 10.0 Å². The molecule has 28 heavy (non-hydrogen) atoms. The van der Waals surface area contributed by atoms with E-state index in [1.54, 1.807) is 30.3 Å². The van der Waals surface area contributed by atoms with Crippen molar-refractivity contribution in [2.24, 2.45) is 5.92 Å². The van der Waals surface area contributed by atoms with Crippen LogP contribution in [0, 0.1) is 11.7 Å². The zero-order chi connectivity index (χ0) is 20.0. The highest BCUT2D eigenvalue weighted by Crippen LogP contribution is 2.19. The van der Waals surface area contributed by atoms with Crippen LogP contribution in [0.25, 0.3) is 0 Å². The predicted octanol–water partition coefficient (Wildman–Crippen LogP) is 3.43. The Labute approximate surface area is 167 Å². The number of nitrogens with one attached hydrogen (secondary N) is 2. The second-order valence-electron chi connectivity index (χ2n) is 7.33. The summed E-state index contributed by atoms with van der Waals surface area (Å²) in [6.07, 6.45) is 3.23. The van der Waals surface area contributed by atoms with Crippen LogP contribution in [0.5, 0.6) is 0 Å². The van der Waals surface area contributed by atoms with Crippen LogP contribution in [0.2, 0.25) is 0 Å². The van der Waals surface area contributed by atoms with Crippen LogP contribution in [-0.2, 0) is 23.1 Å². The van der Waals surface area contributed by atoms with Gasteiger partial charge in [-0.15, -0.1) is 4.83 Å². The van der Waals surface area contributed by atoms with Gasteiger partial charge in [-0.1, -0.05) is 37.6 Å². The summed E-state index contributed by atoms with van der Waals surface area (Å²) in [5.74, 6) is 0.284. The first kappa shape index (κ1) is 20.9. The molecule has 1 unspecified atom stereocenters. The Balaban J connectivity index is 1.59. The molecule has 0 saturated carbocycles. The van der Waals surface area contributed by atoms with Crippen molar-refractivity contribution in [3.8, 4) is 0 Å². The lowest BCUT2D eigenvalue weighted by atomic mass is 9.97. The minimum Gasteiger partial charge on any atom is -0.309 e. The number of hydrogen-bond acceptors (Lipinski definition) is 4. The van der Waals surface area contributed by atoms with Crippen LogP contribution in [0.3, 0.4) is 0 Å². The Morgan fingerprint density at radius 1 is 1.11 bits per heavy atom. The van der Waals surface area contributed by atoms with E-state index in [1.165, 1.54) is 12.1 Å². The SMILES string of the molecule is CCC1CCCN(NS(=O)(=O)c2cccc(CNCc3ccc(F)cc3)c2)C1. The van der Waals surface area contributed by atoms with E-state index in [9.17, 15) is 12.8 Å². The topological polar surface area (TPSA) is 61.4 Å². The third-order valence-corrected chi connectivity index (χ3v) is 6.50. The molecular formula is C21H28FN3O2S. The van der Waals surface area contributed by atoms with Crippen molar-refractivity contribution in [1.82, 2.24) is 15.2 Å². The van der Waals surface area contributed by atoms with Crippen LogP contribution in [0.15, 0.2) is 53.4 Å². The van der Waals surface area contributed by atoms with E-state index in [-0.39, 0.29) is 10.7 Å². The molecule has 1 aliphatic rings. The van der Waals surface area contributed by atoms with Crippen molar-refractivity contribution in [3.63, 3.8) is 0 Å². The van der Waals surface area contributed by atoms with Gasteiger partial charge in [0.2, 0.25) is 0 Å². The molecule has 1 atom stereocenters. The third kappa shape index (κ3) is 5.85. The fraction of sp³-hybridized carbons (Fsp3) is 0.429. The quantitative estimate of drug-likeness (QED) is 0.706. The largest absolute Gasteiger partial charge is 0.309 e. The minimum absolute atomic E-state index is 0.256. The van der Waals surface area contributed by atoms with Gasteiger partial charge in [-0.2, -0.15) is 0 Å². The molecule has 5 nitrogen and oxygen atoms in total. The fourth-order valence-corrected chi connectivity index (χ4v) is 4.66. The average Bonchev–Trinajstić information content (AvgIpc) is 2.69. The smallest absolute Gasteiger partial charge is 0.253 e. The predicted molar refractivity (Wildman–Crippen MR) is 108 cm³/mol. The normalized spacial score (nSPS) is 18.3. The molecule has 7 heteroatoms. The van der Waals surface area contributed by atoms with E-state index in [2.05, 4.69) is 17.1 Å². The van der Waals surface area contributed by atoms with Gasteiger partial charge in [-0.05, 0) is 54.2 Å². The summed E-state index contributed by atoms with van der Waals surface area (Å²) in [6.45, 7) is 4.76. The Hall–Kier alpha value is -1.80. The minimum atomic E-state index is -3.59. The molecule has 0 amide bonds. The molecule has 0 aliphatic carbocycles. The van der Waals surface area contributed by atoms with Gasteiger partial charge in [-0.3, -0.25) is 0 Å². The van der Waals surface area contributed by atoms with E-state index in [4.69, 9.17) is 0 Å². The monoisotopic (exact) mass is 405 g/mol. The molecule has 152 valence electrons. The first-order chi connectivity index (χ1) is 13.5. The van der Waals surface area contributed by atoms with Gasteiger partial charge in [0.1, 0.15) is 5.82 Å². The Morgan fingerprint density at radius 2 is 1.86 bits per heavy atom. The van der Waals surface area contributed by atoms with Crippen LogP contribution >= 0.6 is 0 Å². The molecule has 3 rings (SSSR count). The lowest BCUT2D eigenvalue weighted by Gasteiger charge is -2.32. The van der Waals surface area contributed by atoms with E-state index in [0.29, 0.717) is 19.0 Å². The number of hydrogen-bond donors (Lipinski definition) is 2. The van der Waals surface area contributed by atoms with Crippen LogP contribution < -0.4 is 10.1 Å². The summed E-state index contributed by atoms with van der Waals surface area (Å²) in [4.78, 5) is 3.01. The van der Waals surface area contributed by atoms with Gasteiger partial charge < -0.3 is 5.32 Å². The number of rotatable bonds is 8. The molecule has 1 heterocycles. The van der Waals surface area contributed by atoms with Crippen LogP contribution in [-0.4, -0.2) is 26.5 Å². The van der Waals surface area contributed by atoms with E-state index >= 15 is 0 Å². The van der Waals surface area contributed by atoms with E-state index in [1.807, 2.05) is 11.1 Å². The maximum absolute atomic E-state index is 13.0. The van der Waals surface area contributed by atoms with Gasteiger partial charge >= 0.3 is 0 Å². The molecule has 1 fully saturated rings. The van der Waals surface area contributed by atoms with Gasteiger partial charge in [0.25, 0.3) is 10.0 Å². The number of halogens is 1. The van der Waals surface area contributed by atoms with Crippen molar-refractivity contribution in [3.05, 3.63) is 65.5 Å². The first-order valence-corrected chi connectivity index (χ1v) is 11.3. The summed E-state index contributed by atoms with van der Waals surface area (Å²) in [5, 5.41) is 5.09. The average molecular weight is 406 g/mol. The summed E-state index contributed by atoms with van der Waals surface area (Å²) >= 11 is 0. The molecule has 0 aromatic heterocycles. The van der Waals surface area contributed by atoms with Crippen LogP contribution in [0.4, 0.5) is 4.39 Å². The second-order valence-corrected chi connectivity index (χ2v) is 9.00. The number of nitrogens with zero attached hydrogens (tertiary/aromatic N) is 1. The second kappa shape index (κ2) is 9.60. The highest BCUT2D eigenvalue weighted by atomic mass is 32.2. The maximum Gasteiger partial charge on any atom is 0.253 e. The van der Waals surface area contributed by atoms with Crippen molar-refractivity contribution in [2.45, 2.75) is 44.2 Å². The zero-order valence-corrected chi connectivity index (χ0v) is 17.0.